The number of carboxylic acid groups (broad SMARTS) is 1. The van der Waals surface area contributed by atoms with Crippen LogP contribution in [0.25, 0.3) is 16.7 Å². The van der Waals surface area contributed by atoms with E-state index in [1.807, 2.05) is 6.07 Å². The smallest absolute Gasteiger partial charge is 0.434 e. The van der Waals surface area contributed by atoms with Gasteiger partial charge in [-0.25, -0.2) is 14.2 Å². The maximum Gasteiger partial charge on any atom is 0.434 e. The number of aliphatic imine (C=N–C) groups is 1. The average molecular weight is 643 g/mol. The van der Waals surface area contributed by atoms with Crippen LogP contribution in [0.3, 0.4) is 0 Å². The number of nitrogens with zero attached hydrogens (tertiary/aromatic N) is 5. The van der Waals surface area contributed by atoms with Crippen molar-refractivity contribution in [3.8, 4) is 5.69 Å². The van der Waals surface area contributed by atoms with E-state index in [1.54, 1.807) is 41.8 Å². The van der Waals surface area contributed by atoms with Crippen LogP contribution in [0.5, 0.6) is 0 Å². The first-order valence-electron chi connectivity index (χ1n) is 14.9. The quantitative estimate of drug-likeness (QED) is 0.283. The Bertz CT molecular complexity index is 1630. The molecule has 3 aromatic rings. The van der Waals surface area contributed by atoms with Gasteiger partial charge in [-0.1, -0.05) is 44.5 Å². The molecule has 236 valence electrons. The fraction of sp³-hybridized carbons (Fsp3) is 0.484. The number of hydrogen-bond acceptors (Lipinski definition) is 5. The minimum atomic E-state index is -2.11. The van der Waals surface area contributed by atoms with E-state index in [1.165, 1.54) is 4.90 Å². The Morgan fingerprint density at radius 3 is 2.59 bits per heavy atom. The van der Waals surface area contributed by atoms with E-state index in [0.29, 0.717) is 22.0 Å². The SMILES string of the molecule is CC(C)(C)[Si](C)(C)OCCN1C(=O)C[C@@](C)(c2cccc(-n3c(N4CCCC4)nc4ccc(Cl)cc43)c2F)N/C1=N\C(=O)O. The lowest BCUT2D eigenvalue weighted by molar-refractivity contribution is -0.130. The van der Waals surface area contributed by atoms with E-state index in [0.717, 1.165) is 25.9 Å². The van der Waals surface area contributed by atoms with Gasteiger partial charge in [0.05, 0.1) is 41.8 Å². The molecule has 2 aromatic carbocycles. The van der Waals surface area contributed by atoms with Gasteiger partial charge in [0.2, 0.25) is 17.8 Å². The number of anilines is 1. The molecule has 2 N–H and O–H groups in total. The standard InChI is InChI=1S/C31H40ClFN6O4Si/c1-30(2,3)44(5,6)43-17-16-38-25(40)19-31(4,36-27(38)35-29(41)42)21-10-9-11-23(26(21)33)39-24-18-20(32)12-13-22(24)34-28(39)37-14-7-8-15-37/h9-13,18H,7-8,14-17,19H2,1-6H3,(H,35,36)(H,41,42)/t31-/m0/s1. The molecule has 5 rings (SSSR count). The zero-order valence-electron chi connectivity index (χ0n) is 26.1. The highest BCUT2D eigenvalue weighted by atomic mass is 35.5. The Labute approximate surface area is 263 Å². The lowest BCUT2D eigenvalue weighted by Crippen LogP contribution is -2.61. The molecule has 44 heavy (non-hydrogen) atoms. The first-order valence-corrected chi connectivity index (χ1v) is 18.2. The molecule has 2 fully saturated rings. The van der Waals surface area contributed by atoms with Gasteiger partial charge in [-0.2, -0.15) is 0 Å². The number of rotatable bonds is 7. The number of halogens is 2. The monoisotopic (exact) mass is 642 g/mol. The van der Waals surface area contributed by atoms with E-state index in [-0.39, 0.29) is 47.7 Å². The lowest BCUT2D eigenvalue weighted by atomic mass is 9.85. The fourth-order valence-corrected chi connectivity index (χ4v) is 6.78. The van der Waals surface area contributed by atoms with Crippen LogP contribution in [-0.4, -0.2) is 72.1 Å². The summed E-state index contributed by atoms with van der Waals surface area (Å²) in [6.45, 7) is 14.2. The summed E-state index contributed by atoms with van der Waals surface area (Å²) in [6.07, 6.45) is 0.437. The molecule has 0 spiro atoms. The number of guanidine groups is 1. The summed E-state index contributed by atoms with van der Waals surface area (Å²) >= 11 is 6.36. The van der Waals surface area contributed by atoms with Gasteiger partial charge in [-0.05, 0) is 62.2 Å². The van der Waals surface area contributed by atoms with Crippen molar-refractivity contribution in [2.24, 2.45) is 4.99 Å². The van der Waals surface area contributed by atoms with E-state index >= 15 is 4.39 Å². The van der Waals surface area contributed by atoms with Gasteiger partial charge >= 0.3 is 6.09 Å². The third-order valence-electron chi connectivity index (χ3n) is 9.04. The summed E-state index contributed by atoms with van der Waals surface area (Å²) in [6, 6.07) is 10.3. The molecule has 2 aliphatic heterocycles. The molecule has 13 heteroatoms. The number of carbonyl (C=O) groups is 2. The van der Waals surface area contributed by atoms with Crippen molar-refractivity contribution >= 4 is 54.9 Å². The molecule has 1 atom stereocenters. The summed E-state index contributed by atoms with van der Waals surface area (Å²) in [7, 11) is -2.11. The number of carbonyl (C=O) groups excluding carboxylic acids is 1. The van der Waals surface area contributed by atoms with Gasteiger partial charge in [-0.3, -0.25) is 14.3 Å². The van der Waals surface area contributed by atoms with Gasteiger partial charge < -0.3 is 19.7 Å². The highest BCUT2D eigenvalue weighted by Crippen LogP contribution is 2.38. The maximum atomic E-state index is 16.8. The van der Waals surface area contributed by atoms with Crippen LogP contribution in [-0.2, 0) is 14.8 Å². The van der Waals surface area contributed by atoms with E-state index < -0.39 is 25.8 Å². The first kappa shape index (κ1) is 31.9. The van der Waals surface area contributed by atoms with Crippen LogP contribution in [0.2, 0.25) is 23.2 Å². The third-order valence-corrected chi connectivity index (χ3v) is 13.8. The number of imidazole rings is 1. The summed E-state index contributed by atoms with van der Waals surface area (Å²) in [5.41, 5.74) is 0.518. The zero-order chi connectivity index (χ0) is 32.0. The van der Waals surface area contributed by atoms with Crippen molar-refractivity contribution < 1.29 is 23.5 Å². The molecule has 10 nitrogen and oxygen atoms in total. The topological polar surface area (TPSA) is 112 Å². The molecular weight excluding hydrogens is 603 g/mol. The highest BCUT2D eigenvalue weighted by Gasteiger charge is 2.43. The van der Waals surface area contributed by atoms with E-state index in [9.17, 15) is 14.7 Å². The molecule has 1 aromatic heterocycles. The summed E-state index contributed by atoms with van der Waals surface area (Å²) in [5, 5.41) is 13.1. The highest BCUT2D eigenvalue weighted by molar-refractivity contribution is 6.74. The second-order valence-corrected chi connectivity index (χ2v) is 18.5. The number of fused-ring (bicyclic) bond motifs is 1. The number of benzene rings is 2. The summed E-state index contributed by atoms with van der Waals surface area (Å²) in [4.78, 5) is 37.3. The van der Waals surface area contributed by atoms with Gasteiger partial charge in [0.15, 0.2) is 14.1 Å². The molecular formula is C31H40ClFN6O4Si. The summed E-state index contributed by atoms with van der Waals surface area (Å²) < 4.78 is 24.8. The lowest BCUT2D eigenvalue weighted by Gasteiger charge is -2.42. The molecule has 2 amide bonds. The van der Waals surface area contributed by atoms with Crippen molar-refractivity contribution in [3.05, 3.63) is 52.8 Å². The molecule has 0 unspecified atom stereocenters. The Hall–Kier alpha value is -3.48. The molecule has 2 aliphatic rings. The molecule has 0 bridgehead atoms. The normalized spacial score (nSPS) is 20.5. The number of amides is 2. The van der Waals surface area contributed by atoms with Crippen molar-refractivity contribution in [2.45, 2.75) is 70.6 Å². The molecule has 3 heterocycles. The van der Waals surface area contributed by atoms with Crippen LogP contribution in [0.15, 0.2) is 41.4 Å². The fourth-order valence-electron chi connectivity index (χ4n) is 5.58. The second kappa shape index (κ2) is 11.8. The molecule has 0 saturated carbocycles. The molecule has 0 aliphatic carbocycles. The Balaban J connectivity index is 1.51. The van der Waals surface area contributed by atoms with E-state index in [4.69, 9.17) is 21.0 Å². The van der Waals surface area contributed by atoms with Crippen molar-refractivity contribution in [3.63, 3.8) is 0 Å². The van der Waals surface area contributed by atoms with Crippen LogP contribution < -0.4 is 10.2 Å². The number of nitrogens with one attached hydrogen (secondary N) is 1. The van der Waals surface area contributed by atoms with Crippen LogP contribution in [0.4, 0.5) is 15.1 Å². The number of aromatic nitrogens is 2. The Morgan fingerprint density at radius 1 is 1.23 bits per heavy atom. The van der Waals surface area contributed by atoms with Crippen LogP contribution in [0, 0.1) is 5.82 Å². The number of hydrogen-bond donors (Lipinski definition) is 2. The van der Waals surface area contributed by atoms with Gasteiger partial charge in [-0.15, -0.1) is 4.99 Å². The van der Waals surface area contributed by atoms with Crippen LogP contribution >= 0.6 is 11.6 Å². The first-order chi connectivity index (χ1) is 20.6. The minimum absolute atomic E-state index is 0.0310. The van der Waals surface area contributed by atoms with E-state index in [2.05, 4.69) is 49.1 Å². The Kier molecular flexibility index (Phi) is 8.55. The maximum absolute atomic E-state index is 16.8. The van der Waals surface area contributed by atoms with Gasteiger partial charge in [0.1, 0.15) is 0 Å². The third kappa shape index (κ3) is 6.07. The van der Waals surface area contributed by atoms with Crippen molar-refractivity contribution in [1.29, 1.82) is 0 Å². The van der Waals surface area contributed by atoms with Gasteiger partial charge in [0.25, 0.3) is 0 Å². The predicted molar refractivity (Wildman–Crippen MR) is 173 cm³/mol. The zero-order valence-corrected chi connectivity index (χ0v) is 27.8. The summed E-state index contributed by atoms with van der Waals surface area (Å²) in [5.74, 6) is -0.473. The largest absolute Gasteiger partial charge is 0.463 e. The van der Waals surface area contributed by atoms with Crippen LogP contribution in [0.1, 0.15) is 52.5 Å². The predicted octanol–water partition coefficient (Wildman–Crippen LogP) is 6.51. The van der Waals surface area contributed by atoms with Crippen molar-refractivity contribution in [1.82, 2.24) is 19.8 Å². The van der Waals surface area contributed by atoms with Gasteiger partial charge in [0, 0.05) is 23.7 Å². The van der Waals surface area contributed by atoms with Crippen molar-refractivity contribution in [2.75, 3.05) is 31.1 Å². The average Bonchev–Trinajstić information content (AvgIpc) is 3.57. The molecule has 2 saturated heterocycles. The minimum Gasteiger partial charge on any atom is -0.463 e. The second-order valence-electron chi connectivity index (χ2n) is 13.2. The molecule has 0 radical (unpaired) electrons. The Morgan fingerprint density at radius 2 is 1.93 bits per heavy atom.